The predicted molar refractivity (Wildman–Crippen MR) is 78.6 cm³/mol. The second-order valence-electron chi connectivity index (χ2n) is 5.01. The number of hydrogen-bond donors (Lipinski definition) is 0. The first-order valence-corrected chi connectivity index (χ1v) is 8.81. The summed E-state index contributed by atoms with van der Waals surface area (Å²) in [5, 5.41) is -1.28. The summed E-state index contributed by atoms with van der Waals surface area (Å²) in [5.41, 5.74) is 0.439. The first kappa shape index (κ1) is 16.0. The fraction of sp³-hybridized carbons (Fsp3) is 0.533. The van der Waals surface area contributed by atoms with Crippen LogP contribution < -0.4 is 0 Å². The number of benzene rings is 1. The molecule has 21 heavy (non-hydrogen) atoms. The lowest BCUT2D eigenvalue weighted by Crippen LogP contribution is -2.31. The number of sulfone groups is 1. The lowest BCUT2D eigenvalue weighted by molar-refractivity contribution is -0.142. The van der Waals surface area contributed by atoms with Gasteiger partial charge in [-0.05, 0) is 25.3 Å². The normalized spacial score (nSPS) is 20.1. The van der Waals surface area contributed by atoms with Crippen LogP contribution in [0, 0.1) is 0 Å². The second kappa shape index (κ2) is 7.04. The Bertz CT molecular complexity index is 561. The van der Waals surface area contributed by atoms with Gasteiger partial charge in [-0.1, -0.05) is 30.3 Å². The van der Waals surface area contributed by atoms with Crippen LogP contribution in [-0.2, 0) is 24.1 Å². The third kappa shape index (κ3) is 4.04. The van der Waals surface area contributed by atoms with Crippen molar-refractivity contribution in [3.05, 3.63) is 35.9 Å². The highest BCUT2D eigenvalue weighted by atomic mass is 32.2. The summed E-state index contributed by atoms with van der Waals surface area (Å²) in [4.78, 5) is 12.1. The van der Waals surface area contributed by atoms with Gasteiger partial charge < -0.3 is 9.47 Å². The fourth-order valence-electron chi connectivity index (χ4n) is 2.47. The highest BCUT2D eigenvalue weighted by molar-refractivity contribution is 7.92. The van der Waals surface area contributed by atoms with E-state index >= 15 is 0 Å². The van der Waals surface area contributed by atoms with Crippen LogP contribution in [0.2, 0.25) is 0 Å². The molecule has 2 atom stereocenters. The summed E-state index contributed by atoms with van der Waals surface area (Å²) in [6.07, 6.45) is 1.25. The first-order valence-electron chi connectivity index (χ1n) is 7.09. The molecule has 0 aliphatic carbocycles. The highest BCUT2D eigenvalue weighted by Gasteiger charge is 2.37. The van der Waals surface area contributed by atoms with E-state index in [0.717, 1.165) is 6.42 Å². The van der Waals surface area contributed by atoms with Crippen molar-refractivity contribution in [1.82, 2.24) is 0 Å². The van der Waals surface area contributed by atoms with Crippen LogP contribution in [0.5, 0.6) is 0 Å². The van der Waals surface area contributed by atoms with Crippen molar-refractivity contribution in [1.29, 1.82) is 0 Å². The lowest BCUT2D eigenvalue weighted by Gasteiger charge is -2.18. The summed E-state index contributed by atoms with van der Waals surface area (Å²) in [5.74, 6) is -0.868. The summed E-state index contributed by atoms with van der Waals surface area (Å²) in [6, 6.07) is 8.47. The van der Waals surface area contributed by atoms with E-state index in [1.54, 1.807) is 37.3 Å². The minimum absolute atomic E-state index is 0.147. The molecule has 1 heterocycles. The highest BCUT2D eigenvalue weighted by Crippen LogP contribution is 2.27. The van der Waals surface area contributed by atoms with Gasteiger partial charge in [-0.3, -0.25) is 4.79 Å². The van der Waals surface area contributed by atoms with E-state index in [1.165, 1.54) is 0 Å². The summed E-state index contributed by atoms with van der Waals surface area (Å²) in [6.45, 7) is 2.39. The van der Waals surface area contributed by atoms with Gasteiger partial charge in [-0.15, -0.1) is 0 Å². The van der Waals surface area contributed by atoms with Crippen molar-refractivity contribution in [2.45, 2.75) is 31.1 Å². The van der Waals surface area contributed by atoms with E-state index in [1.807, 2.05) is 0 Å². The fourth-order valence-corrected chi connectivity index (χ4v) is 4.37. The van der Waals surface area contributed by atoms with E-state index in [9.17, 15) is 13.2 Å². The quantitative estimate of drug-likeness (QED) is 0.750. The molecule has 1 fully saturated rings. The Kier molecular flexibility index (Phi) is 5.36. The molecule has 1 aromatic rings. The van der Waals surface area contributed by atoms with Gasteiger partial charge in [0.1, 0.15) is 0 Å². The summed E-state index contributed by atoms with van der Waals surface area (Å²) < 4.78 is 35.6. The molecule has 0 saturated carbocycles. The summed E-state index contributed by atoms with van der Waals surface area (Å²) >= 11 is 0. The monoisotopic (exact) mass is 312 g/mol. The number of carbonyl (C=O) groups excluding carboxylic acids is 1. The molecule has 2 unspecified atom stereocenters. The second-order valence-corrected chi connectivity index (χ2v) is 7.14. The largest absolute Gasteiger partial charge is 0.465 e. The Morgan fingerprint density at radius 3 is 2.67 bits per heavy atom. The molecule has 0 spiro atoms. The Labute approximate surface area is 125 Å². The molecule has 1 aliphatic heterocycles. The Morgan fingerprint density at radius 2 is 2.10 bits per heavy atom. The SMILES string of the molecule is CCOC(=O)C(c1ccccc1)S(=O)(=O)CC1CCCO1. The lowest BCUT2D eigenvalue weighted by atomic mass is 10.1. The molecule has 116 valence electrons. The molecule has 2 rings (SSSR count). The molecule has 1 aromatic carbocycles. The molecule has 0 radical (unpaired) electrons. The molecular weight excluding hydrogens is 292 g/mol. The van der Waals surface area contributed by atoms with Crippen LogP contribution in [0.3, 0.4) is 0 Å². The van der Waals surface area contributed by atoms with Gasteiger partial charge >= 0.3 is 5.97 Å². The first-order chi connectivity index (χ1) is 10.0. The van der Waals surface area contributed by atoms with Crippen LogP contribution in [-0.4, -0.2) is 39.5 Å². The summed E-state index contributed by atoms with van der Waals surface area (Å²) in [7, 11) is -3.68. The zero-order valence-corrected chi connectivity index (χ0v) is 12.8. The maximum absolute atomic E-state index is 12.6. The van der Waals surface area contributed by atoms with Gasteiger partial charge in [0.2, 0.25) is 0 Å². The molecule has 6 heteroatoms. The zero-order valence-electron chi connectivity index (χ0n) is 12.0. The Hall–Kier alpha value is -1.40. The van der Waals surface area contributed by atoms with E-state index in [0.29, 0.717) is 18.6 Å². The molecule has 5 nitrogen and oxygen atoms in total. The predicted octanol–water partition coefficient (Wildman–Crippen LogP) is 1.88. The zero-order chi connectivity index (χ0) is 15.3. The molecular formula is C15H20O5S. The van der Waals surface area contributed by atoms with E-state index in [4.69, 9.17) is 9.47 Å². The molecule has 1 aliphatic rings. The standard InChI is InChI=1S/C15H20O5S/c1-2-19-15(16)14(12-7-4-3-5-8-12)21(17,18)11-13-9-6-10-20-13/h3-5,7-8,13-14H,2,6,9-11H2,1H3. The van der Waals surface area contributed by atoms with Gasteiger partial charge in [0.15, 0.2) is 15.1 Å². The average molecular weight is 312 g/mol. The number of carbonyl (C=O) groups is 1. The van der Waals surface area contributed by atoms with E-state index in [2.05, 4.69) is 0 Å². The van der Waals surface area contributed by atoms with Gasteiger partial charge in [0.25, 0.3) is 0 Å². The minimum Gasteiger partial charge on any atom is -0.465 e. The van der Waals surface area contributed by atoms with Crippen molar-refractivity contribution >= 4 is 15.8 Å². The number of esters is 1. The van der Waals surface area contributed by atoms with Crippen molar-refractivity contribution in [3.8, 4) is 0 Å². The Balaban J connectivity index is 2.27. The average Bonchev–Trinajstić information content (AvgIpc) is 2.92. The number of rotatable bonds is 6. The van der Waals surface area contributed by atoms with Gasteiger partial charge in [0.05, 0.1) is 18.5 Å². The molecule has 0 N–H and O–H groups in total. The Morgan fingerprint density at radius 1 is 1.38 bits per heavy atom. The number of ether oxygens (including phenoxy) is 2. The van der Waals surface area contributed by atoms with Crippen molar-refractivity contribution < 1.29 is 22.7 Å². The van der Waals surface area contributed by atoms with Crippen molar-refractivity contribution in [2.75, 3.05) is 19.0 Å². The van der Waals surface area contributed by atoms with Gasteiger partial charge in [-0.25, -0.2) is 8.42 Å². The maximum Gasteiger partial charge on any atom is 0.328 e. The van der Waals surface area contributed by atoms with Crippen LogP contribution in [0.15, 0.2) is 30.3 Å². The van der Waals surface area contributed by atoms with Gasteiger partial charge in [-0.2, -0.15) is 0 Å². The van der Waals surface area contributed by atoms with Crippen LogP contribution in [0.4, 0.5) is 0 Å². The molecule has 1 saturated heterocycles. The molecule has 0 amide bonds. The van der Waals surface area contributed by atoms with Crippen LogP contribution in [0.25, 0.3) is 0 Å². The maximum atomic E-state index is 12.6. The van der Waals surface area contributed by atoms with Crippen LogP contribution >= 0.6 is 0 Å². The topological polar surface area (TPSA) is 69.7 Å². The van der Waals surface area contributed by atoms with Crippen molar-refractivity contribution in [3.63, 3.8) is 0 Å². The number of hydrogen-bond acceptors (Lipinski definition) is 5. The molecule has 0 aromatic heterocycles. The smallest absolute Gasteiger partial charge is 0.328 e. The van der Waals surface area contributed by atoms with Crippen LogP contribution in [0.1, 0.15) is 30.6 Å². The van der Waals surface area contributed by atoms with E-state index in [-0.39, 0.29) is 18.5 Å². The minimum atomic E-state index is -3.68. The van der Waals surface area contributed by atoms with Crippen molar-refractivity contribution in [2.24, 2.45) is 0 Å². The third-order valence-corrected chi connectivity index (χ3v) is 5.42. The third-order valence-electron chi connectivity index (χ3n) is 3.40. The molecule has 0 bridgehead atoms. The van der Waals surface area contributed by atoms with Gasteiger partial charge in [0, 0.05) is 6.61 Å². The van der Waals surface area contributed by atoms with E-state index < -0.39 is 21.1 Å².